The number of rotatable bonds is 4. The molecule has 1 fully saturated rings. The van der Waals surface area contributed by atoms with Gasteiger partial charge in [0.05, 0.1) is 10.0 Å². The zero-order valence-corrected chi connectivity index (χ0v) is 17.9. The van der Waals surface area contributed by atoms with Gasteiger partial charge in [-0.05, 0) is 42.3 Å². The van der Waals surface area contributed by atoms with Crippen molar-refractivity contribution in [3.05, 3.63) is 62.1 Å². The third kappa shape index (κ3) is 5.14. The zero-order valence-electron chi connectivity index (χ0n) is 14.8. The highest BCUT2D eigenvalue weighted by Crippen LogP contribution is 2.27. The molecule has 0 spiro atoms. The first-order valence-electron chi connectivity index (χ1n) is 8.56. The lowest BCUT2D eigenvalue weighted by molar-refractivity contribution is -0.132. The van der Waals surface area contributed by atoms with Crippen molar-refractivity contribution in [3.8, 4) is 0 Å². The van der Waals surface area contributed by atoms with Crippen molar-refractivity contribution < 1.29 is 14.4 Å². The molecule has 1 aliphatic heterocycles. The Morgan fingerprint density at radius 2 is 1.76 bits per heavy atom. The smallest absolute Gasteiger partial charge is 0.329 e. The number of benzene rings is 2. The number of anilines is 1. The first-order chi connectivity index (χ1) is 13.8. The van der Waals surface area contributed by atoms with Crippen LogP contribution in [0.2, 0.25) is 20.1 Å². The molecule has 0 aliphatic carbocycles. The first kappa shape index (κ1) is 21.7. The van der Waals surface area contributed by atoms with E-state index in [-0.39, 0.29) is 24.4 Å². The topological polar surface area (TPSA) is 78.5 Å². The summed E-state index contributed by atoms with van der Waals surface area (Å²) >= 11 is 23.8. The number of likely N-dealkylation sites (tertiary alicyclic amines) is 1. The molecule has 0 bridgehead atoms. The normalized spacial score (nSPS) is 16.1. The van der Waals surface area contributed by atoms with Crippen LogP contribution in [0.1, 0.15) is 18.4 Å². The maximum absolute atomic E-state index is 12.6. The van der Waals surface area contributed by atoms with E-state index in [1.807, 2.05) is 0 Å². The van der Waals surface area contributed by atoms with Gasteiger partial charge >= 0.3 is 6.03 Å². The predicted molar refractivity (Wildman–Crippen MR) is 114 cm³/mol. The fraction of sp³-hybridized carbons (Fsp3) is 0.211. The molecule has 0 saturated carbocycles. The summed E-state index contributed by atoms with van der Waals surface area (Å²) in [4.78, 5) is 38.3. The Labute approximate surface area is 187 Å². The van der Waals surface area contributed by atoms with Gasteiger partial charge in [-0.25, -0.2) is 4.79 Å². The number of carbonyl (C=O) groups is 3. The standard InChI is InChI=1S/C19H15Cl4N3O3/c20-11-2-1-10(14(22)7-11)9-24-18(28)16-5-6-17(27)26(16)19(29)25-12-3-4-13(21)15(23)8-12/h1-4,7-8,16H,5-6,9H2,(H,24,28)(H,25,29). The van der Waals surface area contributed by atoms with Gasteiger partial charge in [0.2, 0.25) is 11.8 Å². The van der Waals surface area contributed by atoms with E-state index in [4.69, 9.17) is 46.4 Å². The summed E-state index contributed by atoms with van der Waals surface area (Å²) in [7, 11) is 0. The third-order valence-electron chi connectivity index (χ3n) is 4.37. The van der Waals surface area contributed by atoms with Crippen molar-refractivity contribution in [2.24, 2.45) is 0 Å². The molecule has 3 rings (SSSR count). The number of nitrogens with zero attached hydrogens (tertiary/aromatic N) is 1. The van der Waals surface area contributed by atoms with Crippen LogP contribution in [0.5, 0.6) is 0 Å². The number of imide groups is 1. The van der Waals surface area contributed by atoms with E-state index in [9.17, 15) is 14.4 Å². The number of amides is 4. The van der Waals surface area contributed by atoms with Crippen molar-refractivity contribution in [1.29, 1.82) is 0 Å². The van der Waals surface area contributed by atoms with Crippen molar-refractivity contribution >= 4 is 69.9 Å². The van der Waals surface area contributed by atoms with Crippen molar-refractivity contribution in [3.63, 3.8) is 0 Å². The van der Waals surface area contributed by atoms with Crippen LogP contribution < -0.4 is 10.6 Å². The number of nitrogens with one attached hydrogen (secondary N) is 2. The summed E-state index contributed by atoms with van der Waals surface area (Å²) in [5.41, 5.74) is 1.02. The molecule has 1 unspecified atom stereocenters. The lowest BCUT2D eigenvalue weighted by atomic mass is 10.2. The molecule has 29 heavy (non-hydrogen) atoms. The maximum atomic E-state index is 12.6. The molecule has 152 valence electrons. The van der Waals surface area contributed by atoms with E-state index in [0.717, 1.165) is 4.90 Å². The number of hydrogen-bond acceptors (Lipinski definition) is 3. The molecule has 0 aromatic heterocycles. The fourth-order valence-electron chi connectivity index (χ4n) is 2.91. The highest BCUT2D eigenvalue weighted by molar-refractivity contribution is 6.42. The maximum Gasteiger partial charge on any atom is 0.329 e. The van der Waals surface area contributed by atoms with E-state index < -0.39 is 23.9 Å². The number of hydrogen-bond donors (Lipinski definition) is 2. The summed E-state index contributed by atoms with van der Waals surface area (Å²) in [6.07, 6.45) is 0.322. The average molecular weight is 475 g/mol. The summed E-state index contributed by atoms with van der Waals surface area (Å²) in [5, 5.41) is 6.76. The molecule has 10 heteroatoms. The third-order valence-corrected chi connectivity index (χ3v) is 5.70. The minimum absolute atomic E-state index is 0.0918. The summed E-state index contributed by atoms with van der Waals surface area (Å²) in [6.45, 7) is 0.141. The lowest BCUT2D eigenvalue weighted by Gasteiger charge is -2.23. The highest BCUT2D eigenvalue weighted by atomic mass is 35.5. The number of carbonyl (C=O) groups excluding carboxylic acids is 3. The molecule has 1 heterocycles. The zero-order chi connectivity index (χ0) is 21.1. The SMILES string of the molecule is O=C(NCc1ccc(Cl)cc1Cl)C1CCC(=O)N1C(=O)Nc1ccc(Cl)c(Cl)c1. The van der Waals surface area contributed by atoms with Crippen LogP contribution in [0.4, 0.5) is 10.5 Å². The van der Waals surface area contributed by atoms with Crippen molar-refractivity contribution in [2.45, 2.75) is 25.4 Å². The van der Waals surface area contributed by atoms with E-state index >= 15 is 0 Å². The van der Waals surface area contributed by atoms with Gasteiger partial charge in [0, 0.05) is 28.7 Å². The molecular formula is C19H15Cl4N3O3. The molecule has 1 saturated heterocycles. The van der Waals surface area contributed by atoms with E-state index in [2.05, 4.69) is 10.6 Å². The molecule has 2 aromatic rings. The molecule has 2 aromatic carbocycles. The first-order valence-corrected chi connectivity index (χ1v) is 10.1. The predicted octanol–water partition coefficient (Wildman–Crippen LogP) is 5.14. The van der Waals surface area contributed by atoms with Crippen LogP contribution in [0.15, 0.2) is 36.4 Å². The molecule has 2 N–H and O–H groups in total. The van der Waals surface area contributed by atoms with Crippen LogP contribution in [0, 0.1) is 0 Å². The molecule has 1 atom stereocenters. The second kappa shape index (κ2) is 9.22. The van der Waals surface area contributed by atoms with Gasteiger partial charge in [-0.15, -0.1) is 0 Å². The molecule has 0 radical (unpaired) electrons. The van der Waals surface area contributed by atoms with Crippen molar-refractivity contribution in [2.75, 3.05) is 5.32 Å². The second-order valence-corrected chi connectivity index (χ2v) is 7.99. The van der Waals surface area contributed by atoms with Gasteiger partial charge in [0.1, 0.15) is 6.04 Å². The van der Waals surface area contributed by atoms with Gasteiger partial charge in [-0.1, -0.05) is 52.5 Å². The number of urea groups is 1. The molecular weight excluding hydrogens is 460 g/mol. The largest absolute Gasteiger partial charge is 0.350 e. The minimum Gasteiger partial charge on any atom is -0.350 e. The van der Waals surface area contributed by atoms with E-state index in [1.165, 1.54) is 12.1 Å². The average Bonchev–Trinajstić information content (AvgIpc) is 3.05. The van der Waals surface area contributed by atoms with E-state index in [0.29, 0.717) is 26.3 Å². The minimum atomic E-state index is -0.920. The van der Waals surface area contributed by atoms with Crippen LogP contribution in [0.3, 0.4) is 0 Å². The Kier molecular flexibility index (Phi) is 6.90. The monoisotopic (exact) mass is 473 g/mol. The molecule has 4 amide bonds. The lowest BCUT2D eigenvalue weighted by Crippen LogP contribution is -2.49. The molecule has 6 nitrogen and oxygen atoms in total. The summed E-state index contributed by atoms with van der Waals surface area (Å²) in [6, 6.07) is 7.81. The number of halogens is 4. The Balaban J connectivity index is 1.67. The Hall–Kier alpha value is -1.99. The van der Waals surface area contributed by atoms with E-state index in [1.54, 1.807) is 24.3 Å². The summed E-state index contributed by atoms with van der Waals surface area (Å²) < 4.78 is 0. The van der Waals surface area contributed by atoms with Gasteiger partial charge in [-0.2, -0.15) is 0 Å². The van der Waals surface area contributed by atoms with Crippen LogP contribution in [-0.2, 0) is 16.1 Å². The van der Waals surface area contributed by atoms with Gasteiger partial charge in [-0.3, -0.25) is 14.5 Å². The van der Waals surface area contributed by atoms with Gasteiger partial charge in [0.15, 0.2) is 0 Å². The van der Waals surface area contributed by atoms with Crippen LogP contribution in [0.25, 0.3) is 0 Å². The fourth-order valence-corrected chi connectivity index (χ4v) is 3.68. The van der Waals surface area contributed by atoms with Gasteiger partial charge < -0.3 is 10.6 Å². The quantitative estimate of drug-likeness (QED) is 0.643. The van der Waals surface area contributed by atoms with Crippen molar-refractivity contribution in [1.82, 2.24) is 10.2 Å². The van der Waals surface area contributed by atoms with Crippen LogP contribution >= 0.6 is 46.4 Å². The van der Waals surface area contributed by atoms with Crippen LogP contribution in [-0.4, -0.2) is 28.8 Å². The Morgan fingerprint density at radius 3 is 2.45 bits per heavy atom. The Morgan fingerprint density at radius 1 is 1.00 bits per heavy atom. The second-order valence-electron chi connectivity index (χ2n) is 6.33. The Bertz CT molecular complexity index is 983. The highest BCUT2D eigenvalue weighted by Gasteiger charge is 2.40. The van der Waals surface area contributed by atoms with Gasteiger partial charge in [0.25, 0.3) is 0 Å². The summed E-state index contributed by atoms with van der Waals surface area (Å²) in [5.74, 6) is -0.890. The molecule has 1 aliphatic rings.